The van der Waals surface area contributed by atoms with E-state index in [4.69, 9.17) is 5.73 Å². The first-order valence-electron chi connectivity index (χ1n) is 5.77. The fourth-order valence-electron chi connectivity index (χ4n) is 2.38. The summed E-state index contributed by atoms with van der Waals surface area (Å²) in [6, 6.07) is 7.19. The third-order valence-corrected chi connectivity index (χ3v) is 3.32. The van der Waals surface area contributed by atoms with E-state index >= 15 is 0 Å². The highest BCUT2D eigenvalue weighted by molar-refractivity contribution is 5.39. The van der Waals surface area contributed by atoms with Gasteiger partial charge in [0.25, 0.3) is 0 Å². The average Bonchev–Trinajstić information content (AvgIpc) is 2.30. The Morgan fingerprint density at radius 3 is 2.27 bits per heavy atom. The van der Waals surface area contributed by atoms with Crippen LogP contribution in [-0.4, -0.2) is 0 Å². The molecule has 0 saturated heterocycles. The minimum absolute atomic E-state index is 0.224. The van der Waals surface area contributed by atoms with Gasteiger partial charge in [0.1, 0.15) is 6.17 Å². The van der Waals surface area contributed by atoms with Crippen LogP contribution in [0.5, 0.6) is 0 Å². The van der Waals surface area contributed by atoms with Crippen LogP contribution in [0.15, 0.2) is 24.3 Å². The lowest BCUT2D eigenvalue weighted by atomic mass is 9.83. The predicted molar refractivity (Wildman–Crippen MR) is 61.3 cm³/mol. The monoisotopic (exact) mass is 207 g/mol. The summed E-state index contributed by atoms with van der Waals surface area (Å²) in [6.45, 7) is 0. The molecule has 1 fully saturated rings. The second kappa shape index (κ2) is 4.65. The smallest absolute Gasteiger partial charge is 0.128 e. The quantitative estimate of drug-likeness (QED) is 0.732. The van der Waals surface area contributed by atoms with Gasteiger partial charge in [-0.2, -0.15) is 0 Å². The summed E-state index contributed by atoms with van der Waals surface area (Å²) in [5, 5.41) is 0. The first kappa shape index (κ1) is 10.5. The van der Waals surface area contributed by atoms with E-state index in [-0.39, 0.29) is 5.92 Å². The topological polar surface area (TPSA) is 26.0 Å². The van der Waals surface area contributed by atoms with Gasteiger partial charge in [-0.05, 0) is 36.5 Å². The molecule has 2 rings (SSSR count). The highest BCUT2D eigenvalue weighted by Gasteiger charge is 2.24. The molecule has 1 aromatic carbocycles. The lowest BCUT2D eigenvalue weighted by molar-refractivity contribution is 0.183. The van der Waals surface area contributed by atoms with Crippen molar-refractivity contribution in [1.29, 1.82) is 0 Å². The van der Waals surface area contributed by atoms with Gasteiger partial charge in [0.15, 0.2) is 0 Å². The summed E-state index contributed by atoms with van der Waals surface area (Å²) >= 11 is 0. The number of nitrogen functional groups attached to an aromatic ring is 1. The van der Waals surface area contributed by atoms with Crippen LogP contribution in [0.25, 0.3) is 0 Å². The molecule has 1 saturated carbocycles. The maximum atomic E-state index is 14.1. The third-order valence-electron chi connectivity index (χ3n) is 3.32. The summed E-state index contributed by atoms with van der Waals surface area (Å²) in [7, 11) is 0. The SMILES string of the molecule is Nc1ccc(C(F)C2CCCCC2)cc1. The Labute approximate surface area is 90.5 Å². The molecule has 0 aliphatic heterocycles. The van der Waals surface area contributed by atoms with E-state index in [9.17, 15) is 4.39 Å². The number of rotatable bonds is 2. The largest absolute Gasteiger partial charge is 0.399 e. The van der Waals surface area contributed by atoms with Crippen molar-refractivity contribution in [2.24, 2.45) is 5.92 Å². The third kappa shape index (κ3) is 2.49. The summed E-state index contributed by atoms with van der Waals surface area (Å²) in [4.78, 5) is 0. The first-order chi connectivity index (χ1) is 7.27. The highest BCUT2D eigenvalue weighted by atomic mass is 19.1. The van der Waals surface area contributed by atoms with Crippen LogP contribution in [0.1, 0.15) is 43.8 Å². The Hall–Kier alpha value is -1.05. The second-order valence-corrected chi connectivity index (χ2v) is 4.47. The predicted octanol–water partition coefficient (Wildman–Crippen LogP) is 3.86. The molecule has 0 spiro atoms. The molecule has 1 aliphatic carbocycles. The molecule has 0 bridgehead atoms. The minimum Gasteiger partial charge on any atom is -0.399 e. The molecule has 0 aromatic heterocycles. The number of benzene rings is 1. The van der Waals surface area contributed by atoms with Crippen LogP contribution in [-0.2, 0) is 0 Å². The Bertz CT molecular complexity index is 301. The fourth-order valence-corrected chi connectivity index (χ4v) is 2.38. The van der Waals surface area contributed by atoms with E-state index in [1.807, 2.05) is 12.1 Å². The number of anilines is 1. The normalized spacial score (nSPS) is 20.1. The Morgan fingerprint density at radius 2 is 1.67 bits per heavy atom. The maximum absolute atomic E-state index is 14.1. The van der Waals surface area contributed by atoms with Gasteiger partial charge in [-0.25, -0.2) is 4.39 Å². The number of halogens is 1. The zero-order chi connectivity index (χ0) is 10.7. The molecule has 82 valence electrons. The van der Waals surface area contributed by atoms with Gasteiger partial charge in [-0.15, -0.1) is 0 Å². The second-order valence-electron chi connectivity index (χ2n) is 4.47. The molecule has 2 N–H and O–H groups in total. The van der Waals surface area contributed by atoms with E-state index in [1.54, 1.807) is 12.1 Å². The summed E-state index contributed by atoms with van der Waals surface area (Å²) in [5.74, 6) is 0.224. The number of hydrogen-bond donors (Lipinski definition) is 1. The van der Waals surface area contributed by atoms with Gasteiger partial charge >= 0.3 is 0 Å². The Kier molecular flexibility index (Phi) is 3.24. The van der Waals surface area contributed by atoms with Gasteiger partial charge < -0.3 is 5.73 Å². The Morgan fingerprint density at radius 1 is 1.07 bits per heavy atom. The van der Waals surface area contributed by atoms with E-state index in [0.29, 0.717) is 5.69 Å². The van der Waals surface area contributed by atoms with E-state index in [0.717, 1.165) is 18.4 Å². The molecule has 0 radical (unpaired) electrons. The van der Waals surface area contributed by atoms with E-state index in [2.05, 4.69) is 0 Å². The zero-order valence-corrected chi connectivity index (χ0v) is 8.95. The maximum Gasteiger partial charge on any atom is 0.128 e. The molecule has 0 heterocycles. The molecule has 1 atom stereocenters. The lowest BCUT2D eigenvalue weighted by Crippen LogP contribution is -2.12. The molecule has 1 aromatic rings. The minimum atomic E-state index is -0.800. The van der Waals surface area contributed by atoms with Crippen molar-refractivity contribution in [3.05, 3.63) is 29.8 Å². The molecule has 2 heteroatoms. The van der Waals surface area contributed by atoms with Crippen LogP contribution in [0.4, 0.5) is 10.1 Å². The van der Waals surface area contributed by atoms with Gasteiger partial charge in [0.05, 0.1) is 0 Å². The van der Waals surface area contributed by atoms with Crippen molar-refractivity contribution < 1.29 is 4.39 Å². The zero-order valence-electron chi connectivity index (χ0n) is 8.95. The van der Waals surface area contributed by atoms with Crippen LogP contribution in [0.2, 0.25) is 0 Å². The average molecular weight is 207 g/mol. The molecule has 0 amide bonds. The summed E-state index contributed by atoms with van der Waals surface area (Å²) < 4.78 is 14.1. The molecular weight excluding hydrogens is 189 g/mol. The number of alkyl halides is 1. The highest BCUT2D eigenvalue weighted by Crippen LogP contribution is 2.36. The van der Waals surface area contributed by atoms with Gasteiger partial charge in [-0.1, -0.05) is 31.4 Å². The molecule has 1 nitrogen and oxygen atoms in total. The van der Waals surface area contributed by atoms with E-state index < -0.39 is 6.17 Å². The first-order valence-corrected chi connectivity index (χ1v) is 5.77. The van der Waals surface area contributed by atoms with Crippen LogP contribution in [0.3, 0.4) is 0 Å². The van der Waals surface area contributed by atoms with Crippen molar-refractivity contribution in [2.75, 3.05) is 5.73 Å². The van der Waals surface area contributed by atoms with Crippen molar-refractivity contribution in [1.82, 2.24) is 0 Å². The summed E-state index contributed by atoms with van der Waals surface area (Å²) in [5.41, 5.74) is 7.07. The van der Waals surface area contributed by atoms with Crippen molar-refractivity contribution >= 4 is 5.69 Å². The lowest BCUT2D eigenvalue weighted by Gasteiger charge is -2.25. The number of nitrogens with two attached hydrogens (primary N) is 1. The van der Waals surface area contributed by atoms with Crippen molar-refractivity contribution in [2.45, 2.75) is 38.3 Å². The fraction of sp³-hybridized carbons (Fsp3) is 0.538. The Balaban J connectivity index is 2.05. The summed E-state index contributed by atoms with van der Waals surface area (Å²) in [6.07, 6.45) is 4.90. The van der Waals surface area contributed by atoms with Gasteiger partial charge in [0.2, 0.25) is 0 Å². The van der Waals surface area contributed by atoms with Gasteiger partial charge in [0, 0.05) is 5.69 Å². The van der Waals surface area contributed by atoms with Gasteiger partial charge in [-0.3, -0.25) is 0 Å². The standard InChI is InChI=1S/C13H18FN/c14-13(10-4-2-1-3-5-10)11-6-8-12(15)9-7-11/h6-10,13H,1-5,15H2. The van der Waals surface area contributed by atoms with Crippen LogP contribution < -0.4 is 5.73 Å². The molecular formula is C13H18FN. The van der Waals surface area contributed by atoms with Crippen molar-refractivity contribution in [3.8, 4) is 0 Å². The molecule has 15 heavy (non-hydrogen) atoms. The van der Waals surface area contributed by atoms with Crippen molar-refractivity contribution in [3.63, 3.8) is 0 Å². The number of hydrogen-bond acceptors (Lipinski definition) is 1. The molecule has 1 aliphatic rings. The van der Waals surface area contributed by atoms with E-state index in [1.165, 1.54) is 19.3 Å². The van der Waals surface area contributed by atoms with Crippen LogP contribution in [0, 0.1) is 5.92 Å². The molecule has 1 unspecified atom stereocenters. The van der Waals surface area contributed by atoms with Crippen LogP contribution >= 0.6 is 0 Å².